The Kier molecular flexibility index (Phi) is 4.48. The zero-order chi connectivity index (χ0) is 21.0. The zero-order valence-electron chi connectivity index (χ0n) is 16.5. The maximum atomic E-state index is 14.0. The minimum Gasteiger partial charge on any atom is -0.374 e. The lowest BCUT2D eigenvalue weighted by Crippen LogP contribution is -2.25. The monoisotopic (exact) mass is 418 g/mol. The van der Waals surface area contributed by atoms with Crippen LogP contribution in [0.1, 0.15) is 42.1 Å². The van der Waals surface area contributed by atoms with Crippen molar-refractivity contribution in [3.63, 3.8) is 0 Å². The molecule has 4 nitrogen and oxygen atoms in total. The molecule has 0 bridgehead atoms. The molecule has 2 aliphatic rings. The van der Waals surface area contributed by atoms with Crippen LogP contribution in [0.25, 0.3) is 5.65 Å². The first-order chi connectivity index (χ1) is 14.3. The molecule has 2 aliphatic carbocycles. The average molecular weight is 418 g/mol. The molecule has 5 rings (SSSR count). The van der Waals surface area contributed by atoms with E-state index in [4.69, 9.17) is 0 Å². The van der Waals surface area contributed by atoms with Crippen LogP contribution in [0.4, 0.5) is 23.2 Å². The van der Waals surface area contributed by atoms with Gasteiger partial charge in [0.2, 0.25) is 0 Å². The maximum Gasteiger partial charge on any atom is 0.422 e. The van der Waals surface area contributed by atoms with Crippen molar-refractivity contribution in [1.82, 2.24) is 14.6 Å². The van der Waals surface area contributed by atoms with E-state index >= 15 is 0 Å². The number of anilines is 1. The minimum atomic E-state index is -4.53. The molecule has 2 heterocycles. The molecule has 158 valence electrons. The van der Waals surface area contributed by atoms with Crippen LogP contribution < -0.4 is 4.90 Å². The van der Waals surface area contributed by atoms with Gasteiger partial charge in [0.15, 0.2) is 5.65 Å². The fraction of sp³-hybridized carbons (Fsp3) is 0.455. The van der Waals surface area contributed by atoms with Gasteiger partial charge in [-0.1, -0.05) is 12.1 Å². The van der Waals surface area contributed by atoms with E-state index in [0.717, 1.165) is 24.8 Å². The van der Waals surface area contributed by atoms with Gasteiger partial charge in [0.05, 0.1) is 5.69 Å². The third-order valence-corrected chi connectivity index (χ3v) is 6.22. The fourth-order valence-electron chi connectivity index (χ4n) is 4.32. The highest BCUT2D eigenvalue weighted by Crippen LogP contribution is 2.49. The molecule has 30 heavy (non-hydrogen) atoms. The summed E-state index contributed by atoms with van der Waals surface area (Å²) in [7, 11) is 1.68. The lowest BCUT2D eigenvalue weighted by Gasteiger charge is -2.24. The number of benzene rings is 1. The molecule has 2 fully saturated rings. The second kappa shape index (κ2) is 6.96. The van der Waals surface area contributed by atoms with Gasteiger partial charge in [-0.2, -0.15) is 13.2 Å². The normalized spacial score (nSPS) is 21.2. The van der Waals surface area contributed by atoms with Crippen LogP contribution in [0, 0.1) is 17.7 Å². The molecule has 0 aliphatic heterocycles. The SMILES string of the molecule is CN(C[C@@H]1C[C@H]1c1ccc(F)cc1)c1ccn2c(CC3CC3)nnc2c1C(F)(F)F. The van der Waals surface area contributed by atoms with Gasteiger partial charge in [-0.3, -0.25) is 4.40 Å². The number of nitrogens with zero attached hydrogens (tertiary/aromatic N) is 4. The van der Waals surface area contributed by atoms with E-state index in [1.807, 2.05) is 0 Å². The molecule has 2 aromatic heterocycles. The van der Waals surface area contributed by atoms with E-state index in [0.29, 0.717) is 24.7 Å². The van der Waals surface area contributed by atoms with E-state index < -0.39 is 11.7 Å². The molecular formula is C22H22F4N4. The summed E-state index contributed by atoms with van der Waals surface area (Å²) in [5, 5.41) is 7.95. The largest absolute Gasteiger partial charge is 0.422 e. The van der Waals surface area contributed by atoms with E-state index in [1.165, 1.54) is 22.6 Å². The van der Waals surface area contributed by atoms with E-state index in [1.54, 1.807) is 30.3 Å². The summed E-state index contributed by atoms with van der Waals surface area (Å²) in [4.78, 5) is 1.66. The number of aromatic nitrogens is 3. The van der Waals surface area contributed by atoms with Gasteiger partial charge in [-0.05, 0) is 60.8 Å². The molecular weight excluding hydrogens is 396 g/mol. The van der Waals surface area contributed by atoms with Gasteiger partial charge in [-0.15, -0.1) is 10.2 Å². The van der Waals surface area contributed by atoms with Crippen molar-refractivity contribution in [2.75, 3.05) is 18.5 Å². The average Bonchev–Trinajstić information content (AvgIpc) is 3.61. The number of fused-ring (bicyclic) bond motifs is 1. The highest BCUT2D eigenvalue weighted by molar-refractivity contribution is 5.66. The number of halogens is 4. The summed E-state index contributed by atoms with van der Waals surface area (Å²) in [6, 6.07) is 7.88. The van der Waals surface area contributed by atoms with Gasteiger partial charge in [0, 0.05) is 26.2 Å². The van der Waals surface area contributed by atoms with Crippen LogP contribution >= 0.6 is 0 Å². The summed E-state index contributed by atoms with van der Waals surface area (Å²) >= 11 is 0. The van der Waals surface area contributed by atoms with Crippen molar-refractivity contribution >= 4 is 11.3 Å². The van der Waals surface area contributed by atoms with Crippen molar-refractivity contribution in [2.45, 2.75) is 37.8 Å². The number of alkyl halides is 3. The number of rotatable bonds is 6. The van der Waals surface area contributed by atoms with Gasteiger partial charge in [-0.25, -0.2) is 4.39 Å². The fourth-order valence-corrected chi connectivity index (χ4v) is 4.32. The van der Waals surface area contributed by atoms with Crippen LogP contribution in [0.5, 0.6) is 0 Å². The molecule has 0 radical (unpaired) electrons. The highest BCUT2D eigenvalue weighted by Gasteiger charge is 2.42. The molecule has 1 aromatic carbocycles. The topological polar surface area (TPSA) is 33.4 Å². The zero-order valence-corrected chi connectivity index (χ0v) is 16.5. The van der Waals surface area contributed by atoms with Crippen molar-refractivity contribution in [2.24, 2.45) is 11.8 Å². The predicted octanol–water partition coefficient (Wildman–Crippen LogP) is 5.08. The van der Waals surface area contributed by atoms with E-state index in [2.05, 4.69) is 10.2 Å². The summed E-state index contributed by atoms with van der Waals surface area (Å²) in [5.41, 5.74) is 0.281. The molecule has 8 heteroatoms. The first-order valence-electron chi connectivity index (χ1n) is 10.2. The van der Waals surface area contributed by atoms with Gasteiger partial charge >= 0.3 is 6.18 Å². The molecule has 0 saturated heterocycles. The molecule has 2 atom stereocenters. The van der Waals surface area contributed by atoms with Crippen molar-refractivity contribution in [1.29, 1.82) is 0 Å². The molecule has 0 unspecified atom stereocenters. The first kappa shape index (κ1) is 19.3. The van der Waals surface area contributed by atoms with Crippen LogP contribution in [-0.4, -0.2) is 28.2 Å². The highest BCUT2D eigenvalue weighted by atomic mass is 19.4. The third kappa shape index (κ3) is 3.63. The van der Waals surface area contributed by atoms with Crippen LogP contribution in [0.15, 0.2) is 36.5 Å². The lowest BCUT2D eigenvalue weighted by atomic mass is 10.1. The Morgan fingerprint density at radius 1 is 1.10 bits per heavy atom. The maximum absolute atomic E-state index is 14.0. The summed E-state index contributed by atoms with van der Waals surface area (Å²) in [5.74, 6) is 1.30. The van der Waals surface area contributed by atoms with Crippen molar-refractivity contribution < 1.29 is 17.6 Å². The second-order valence-corrected chi connectivity index (χ2v) is 8.57. The van der Waals surface area contributed by atoms with Gasteiger partial charge in [0.1, 0.15) is 17.2 Å². The Balaban J connectivity index is 1.41. The second-order valence-electron chi connectivity index (χ2n) is 8.57. The minimum absolute atomic E-state index is 0.116. The molecule has 2 saturated carbocycles. The van der Waals surface area contributed by atoms with Gasteiger partial charge < -0.3 is 4.90 Å². The molecule has 0 N–H and O–H groups in total. The Bertz CT molecular complexity index is 1070. The molecule has 0 spiro atoms. The summed E-state index contributed by atoms with van der Waals surface area (Å²) < 4.78 is 56.6. The predicted molar refractivity (Wildman–Crippen MR) is 105 cm³/mol. The smallest absolute Gasteiger partial charge is 0.374 e. The van der Waals surface area contributed by atoms with Crippen LogP contribution in [0.3, 0.4) is 0 Å². The van der Waals surface area contributed by atoms with E-state index in [9.17, 15) is 17.6 Å². The first-order valence-corrected chi connectivity index (χ1v) is 10.2. The standard InChI is InChI=1S/C22H22F4N4/c1-29(12-15-11-17(15)14-4-6-16(23)7-5-14)18-8-9-30-19(10-13-2-3-13)27-28-21(30)20(18)22(24,25)26/h4-9,13,15,17H,2-3,10-12H2,1H3/t15-,17-/m0/s1. The number of pyridine rings is 1. The van der Waals surface area contributed by atoms with Crippen molar-refractivity contribution in [3.05, 3.63) is 59.3 Å². The molecule has 0 amide bonds. The van der Waals surface area contributed by atoms with Crippen LogP contribution in [-0.2, 0) is 12.6 Å². The van der Waals surface area contributed by atoms with E-state index in [-0.39, 0.29) is 29.0 Å². The number of hydrogen-bond donors (Lipinski definition) is 0. The Morgan fingerprint density at radius 2 is 1.83 bits per heavy atom. The summed E-state index contributed by atoms with van der Waals surface area (Å²) in [6.45, 7) is 0.490. The third-order valence-electron chi connectivity index (χ3n) is 6.22. The Hall–Kier alpha value is -2.64. The van der Waals surface area contributed by atoms with Crippen molar-refractivity contribution in [3.8, 4) is 0 Å². The van der Waals surface area contributed by atoms with Gasteiger partial charge in [0.25, 0.3) is 0 Å². The summed E-state index contributed by atoms with van der Waals surface area (Å²) in [6.07, 6.45) is 0.858. The Morgan fingerprint density at radius 3 is 2.50 bits per heavy atom. The molecule has 3 aromatic rings. The Labute approximate surface area is 171 Å². The lowest BCUT2D eigenvalue weighted by molar-refractivity contribution is -0.136. The quantitative estimate of drug-likeness (QED) is 0.524. The number of hydrogen-bond acceptors (Lipinski definition) is 3. The van der Waals surface area contributed by atoms with Crippen LogP contribution in [0.2, 0.25) is 0 Å².